The number of esters is 1. The summed E-state index contributed by atoms with van der Waals surface area (Å²) in [5.74, 6) is 0.458. The Hall–Kier alpha value is -3.56. The van der Waals surface area contributed by atoms with Crippen molar-refractivity contribution in [2.24, 2.45) is 4.99 Å². The summed E-state index contributed by atoms with van der Waals surface area (Å²) in [7, 11) is 1.53. The van der Waals surface area contributed by atoms with Gasteiger partial charge in [-0.05, 0) is 73.5 Å². The largest absolute Gasteiger partial charge is 0.496 e. The Bertz CT molecular complexity index is 1930. The predicted octanol–water partition coefficient (Wildman–Crippen LogP) is 7.13. The number of rotatable bonds is 10. The molecule has 7 nitrogen and oxygen atoms in total. The minimum absolute atomic E-state index is 0.165. The molecule has 0 fully saturated rings. The van der Waals surface area contributed by atoms with Crippen molar-refractivity contribution in [3.8, 4) is 11.5 Å². The van der Waals surface area contributed by atoms with Gasteiger partial charge in [0.25, 0.3) is 5.56 Å². The zero-order valence-corrected chi connectivity index (χ0v) is 27.3. The summed E-state index contributed by atoms with van der Waals surface area (Å²) in [5, 5.41) is 1.52. The molecule has 0 radical (unpaired) electrons. The molecule has 1 atom stereocenters. The first-order chi connectivity index (χ1) is 21.2. The summed E-state index contributed by atoms with van der Waals surface area (Å²) >= 11 is 20.2. The summed E-state index contributed by atoms with van der Waals surface area (Å²) in [4.78, 5) is 33.0. The molecule has 3 aromatic carbocycles. The molecule has 0 saturated heterocycles. The number of nitrogens with zero attached hydrogens (tertiary/aromatic N) is 2. The second kappa shape index (κ2) is 14.0. The van der Waals surface area contributed by atoms with E-state index in [9.17, 15) is 9.59 Å². The molecule has 0 amide bonds. The highest BCUT2D eigenvalue weighted by Gasteiger charge is 2.36. The third-order valence-corrected chi connectivity index (χ3v) is 8.61. The molecule has 0 spiro atoms. The van der Waals surface area contributed by atoms with Crippen molar-refractivity contribution in [1.29, 1.82) is 0 Å². The molecular weight excluding hydrogens is 643 g/mol. The van der Waals surface area contributed by atoms with Crippen LogP contribution < -0.4 is 24.4 Å². The molecule has 5 rings (SSSR count). The number of hydrogen-bond acceptors (Lipinski definition) is 7. The lowest BCUT2D eigenvalue weighted by Gasteiger charge is -2.27. The van der Waals surface area contributed by atoms with E-state index in [4.69, 9.17) is 54.0 Å². The maximum Gasteiger partial charge on any atom is 0.338 e. The van der Waals surface area contributed by atoms with Gasteiger partial charge in [-0.25, -0.2) is 9.79 Å². The van der Waals surface area contributed by atoms with E-state index in [1.54, 1.807) is 55.5 Å². The highest BCUT2D eigenvalue weighted by atomic mass is 35.5. The molecular formula is C33H29Cl3N2O5S. The number of hydrogen-bond donors (Lipinski definition) is 0. The molecule has 1 aromatic heterocycles. The van der Waals surface area contributed by atoms with Crippen molar-refractivity contribution in [3.05, 3.63) is 123 Å². The van der Waals surface area contributed by atoms with E-state index in [-0.39, 0.29) is 24.3 Å². The molecule has 44 heavy (non-hydrogen) atoms. The fraction of sp³-hybridized carbons (Fsp3) is 0.242. The van der Waals surface area contributed by atoms with Crippen LogP contribution in [0.5, 0.6) is 11.5 Å². The first kappa shape index (κ1) is 31.9. The summed E-state index contributed by atoms with van der Waals surface area (Å²) in [6, 6.07) is 16.8. The maximum absolute atomic E-state index is 14.2. The van der Waals surface area contributed by atoms with Gasteiger partial charge < -0.3 is 14.2 Å². The van der Waals surface area contributed by atoms with E-state index in [0.29, 0.717) is 59.1 Å². The summed E-state index contributed by atoms with van der Waals surface area (Å²) in [6.45, 7) is 4.17. The number of halogens is 3. The van der Waals surface area contributed by atoms with E-state index in [1.165, 1.54) is 23.0 Å². The second-order valence-corrected chi connectivity index (χ2v) is 12.2. The van der Waals surface area contributed by atoms with Crippen molar-refractivity contribution in [3.63, 3.8) is 0 Å². The zero-order valence-electron chi connectivity index (χ0n) is 24.2. The molecule has 1 aliphatic rings. The number of aromatic nitrogens is 1. The number of thiazole rings is 1. The third kappa shape index (κ3) is 6.74. The molecule has 1 aliphatic heterocycles. The van der Waals surface area contributed by atoms with Crippen LogP contribution in [-0.2, 0) is 16.1 Å². The highest BCUT2D eigenvalue weighted by Crippen LogP contribution is 2.38. The summed E-state index contributed by atoms with van der Waals surface area (Å²) in [6.07, 6.45) is 2.96. The minimum Gasteiger partial charge on any atom is -0.496 e. The number of ether oxygens (including phenoxy) is 3. The van der Waals surface area contributed by atoms with Crippen LogP contribution in [0.1, 0.15) is 49.4 Å². The van der Waals surface area contributed by atoms with Crippen molar-refractivity contribution in [1.82, 2.24) is 4.57 Å². The van der Waals surface area contributed by atoms with E-state index in [1.807, 2.05) is 25.1 Å². The van der Waals surface area contributed by atoms with Crippen LogP contribution in [0.25, 0.3) is 6.08 Å². The van der Waals surface area contributed by atoms with Gasteiger partial charge in [-0.15, -0.1) is 0 Å². The van der Waals surface area contributed by atoms with Crippen molar-refractivity contribution < 1.29 is 19.0 Å². The van der Waals surface area contributed by atoms with Gasteiger partial charge in [-0.3, -0.25) is 9.36 Å². The fourth-order valence-corrected chi connectivity index (χ4v) is 6.61. The van der Waals surface area contributed by atoms with Crippen LogP contribution in [0, 0.1) is 0 Å². The summed E-state index contributed by atoms with van der Waals surface area (Å²) < 4.78 is 19.2. The minimum atomic E-state index is -0.874. The van der Waals surface area contributed by atoms with Gasteiger partial charge in [0.2, 0.25) is 0 Å². The smallest absolute Gasteiger partial charge is 0.338 e. The monoisotopic (exact) mass is 670 g/mol. The van der Waals surface area contributed by atoms with Gasteiger partial charge in [0.1, 0.15) is 24.1 Å². The van der Waals surface area contributed by atoms with Crippen molar-refractivity contribution in [2.45, 2.75) is 39.3 Å². The second-order valence-electron chi connectivity index (χ2n) is 9.90. The average molecular weight is 672 g/mol. The maximum atomic E-state index is 14.2. The molecule has 0 bridgehead atoms. The van der Waals surface area contributed by atoms with Crippen molar-refractivity contribution >= 4 is 58.2 Å². The average Bonchev–Trinajstić information content (AvgIpc) is 3.30. The fourth-order valence-electron chi connectivity index (χ4n) is 5.03. The van der Waals surface area contributed by atoms with E-state index in [0.717, 1.165) is 12.0 Å². The normalized spacial score (nSPS) is 14.7. The molecule has 0 unspecified atom stereocenters. The van der Waals surface area contributed by atoms with E-state index < -0.39 is 12.0 Å². The Balaban J connectivity index is 1.70. The lowest BCUT2D eigenvalue weighted by atomic mass is 9.93. The Kier molecular flexibility index (Phi) is 10.2. The van der Waals surface area contributed by atoms with Crippen molar-refractivity contribution in [2.75, 3.05) is 13.7 Å². The van der Waals surface area contributed by atoms with Crippen LogP contribution in [0.15, 0.2) is 81.7 Å². The standard InChI is InChI=1S/C33H29Cl3N2O5S/c1-4-7-25-29(32(40)42-5-2)30(24-17-23(36)11-13-27(24)41-3)38-31(39)28(44-33(38)37-25)16-20-15-22(35)10-12-26(20)43-18-19-8-6-9-21(34)14-19/h6,8-17,30H,4-5,7,18H2,1-3H3/b28-16+/t30-/m1/s1. The van der Waals surface area contributed by atoms with Gasteiger partial charge >= 0.3 is 5.97 Å². The highest BCUT2D eigenvalue weighted by molar-refractivity contribution is 7.07. The zero-order chi connectivity index (χ0) is 31.4. The van der Waals surface area contributed by atoms with Gasteiger partial charge in [0.15, 0.2) is 4.80 Å². The Morgan fingerprint density at radius 3 is 2.43 bits per heavy atom. The molecule has 0 aliphatic carbocycles. The number of fused-ring (bicyclic) bond motifs is 1. The third-order valence-electron chi connectivity index (χ3n) is 6.92. The lowest BCUT2D eigenvalue weighted by Crippen LogP contribution is -2.40. The van der Waals surface area contributed by atoms with Crippen LogP contribution in [0.4, 0.5) is 0 Å². The van der Waals surface area contributed by atoms with E-state index in [2.05, 4.69) is 0 Å². The molecule has 0 saturated carbocycles. The van der Waals surface area contributed by atoms with Crippen LogP contribution in [-0.4, -0.2) is 24.3 Å². The molecule has 2 heterocycles. The molecule has 11 heteroatoms. The van der Waals surface area contributed by atoms with Crippen LogP contribution in [0.2, 0.25) is 15.1 Å². The topological polar surface area (TPSA) is 79.1 Å². The summed E-state index contributed by atoms with van der Waals surface area (Å²) in [5.41, 5.74) is 2.54. The van der Waals surface area contributed by atoms with Gasteiger partial charge in [-0.2, -0.15) is 0 Å². The Labute approximate surface area is 273 Å². The van der Waals surface area contributed by atoms with Gasteiger partial charge in [0.05, 0.1) is 29.5 Å². The van der Waals surface area contributed by atoms with E-state index >= 15 is 0 Å². The predicted molar refractivity (Wildman–Crippen MR) is 175 cm³/mol. The SMILES string of the molecule is CCCC1=C(C(=O)OCC)[C@@H](c2cc(Cl)ccc2OC)n2c(s/c(=C/c3cc(Cl)ccc3OCc3cccc(Cl)c3)c2=O)=N1. The molecule has 4 aromatic rings. The number of allylic oxidation sites excluding steroid dienone is 1. The molecule has 228 valence electrons. The number of carbonyl (C=O) groups excluding carboxylic acids is 1. The van der Waals surface area contributed by atoms with Gasteiger partial charge in [-0.1, -0.05) is 71.6 Å². The molecule has 0 N–H and O–H groups in total. The quantitative estimate of drug-likeness (QED) is 0.168. The number of methoxy groups -OCH3 is 1. The van der Waals surface area contributed by atoms with Gasteiger partial charge in [0, 0.05) is 26.2 Å². The lowest BCUT2D eigenvalue weighted by molar-refractivity contribution is -0.139. The first-order valence-electron chi connectivity index (χ1n) is 14.0. The Morgan fingerprint density at radius 2 is 1.73 bits per heavy atom. The Morgan fingerprint density at radius 1 is 1.00 bits per heavy atom. The number of carbonyl (C=O) groups is 1. The first-order valence-corrected chi connectivity index (χ1v) is 15.9. The number of benzene rings is 3. The van der Waals surface area contributed by atoms with Crippen LogP contribution in [0.3, 0.4) is 0 Å². The van der Waals surface area contributed by atoms with Crippen LogP contribution >= 0.6 is 46.1 Å².